The first-order valence-electron chi connectivity index (χ1n) is 11.1. The summed E-state index contributed by atoms with van der Waals surface area (Å²) in [6, 6.07) is 31.7. The van der Waals surface area contributed by atoms with Gasteiger partial charge in [-0.2, -0.15) is 0 Å². The normalized spacial score (nSPS) is 11.1. The Morgan fingerprint density at radius 3 is 2.38 bits per heavy atom. The third kappa shape index (κ3) is 4.76. The largest absolute Gasteiger partial charge is 0.340 e. The van der Waals surface area contributed by atoms with Gasteiger partial charge in [0.15, 0.2) is 11.4 Å². The second-order valence-electron chi connectivity index (χ2n) is 8.11. The van der Waals surface area contributed by atoms with E-state index >= 15 is 0 Å². The van der Waals surface area contributed by atoms with Gasteiger partial charge in [0, 0.05) is 28.4 Å². The highest BCUT2D eigenvalue weighted by Crippen LogP contribution is 2.31. The zero-order valence-corrected chi connectivity index (χ0v) is 18.8. The maximum atomic E-state index is 12.6. The fraction of sp³-hybridized carbons (Fsp3) is 0.0333. The van der Waals surface area contributed by atoms with E-state index < -0.39 is 0 Å². The van der Waals surface area contributed by atoms with E-state index in [1.165, 1.54) is 5.56 Å². The lowest BCUT2D eigenvalue weighted by molar-refractivity contribution is 0.104. The fourth-order valence-corrected chi connectivity index (χ4v) is 3.74. The van der Waals surface area contributed by atoms with Crippen LogP contribution in [0.4, 0.5) is 11.5 Å². The lowest BCUT2D eigenvalue weighted by Gasteiger charge is -2.13. The first kappa shape index (κ1) is 21.3. The molecule has 4 heteroatoms. The molecule has 0 aliphatic carbocycles. The number of anilines is 2. The highest BCUT2D eigenvalue weighted by Gasteiger charge is 2.11. The molecule has 4 nitrogen and oxygen atoms in total. The third-order valence-corrected chi connectivity index (χ3v) is 5.61. The van der Waals surface area contributed by atoms with Crippen LogP contribution in [-0.2, 0) is 0 Å². The van der Waals surface area contributed by atoms with Crippen LogP contribution in [0.25, 0.3) is 28.2 Å². The number of aromatic nitrogens is 2. The molecule has 3 aromatic carbocycles. The van der Waals surface area contributed by atoms with Crippen molar-refractivity contribution in [3.05, 3.63) is 126 Å². The Labute approximate surface area is 198 Å². The van der Waals surface area contributed by atoms with Gasteiger partial charge in [-0.3, -0.25) is 4.79 Å². The third-order valence-electron chi connectivity index (χ3n) is 5.61. The topological polar surface area (TPSA) is 54.9 Å². The Morgan fingerprint density at radius 2 is 1.62 bits per heavy atom. The van der Waals surface area contributed by atoms with Gasteiger partial charge in [0.1, 0.15) is 5.82 Å². The molecule has 1 N–H and O–H groups in total. The zero-order valence-electron chi connectivity index (χ0n) is 18.8. The number of nitrogens with zero attached hydrogens (tertiary/aromatic N) is 2. The average molecular weight is 442 g/mol. The first-order chi connectivity index (χ1) is 16.7. The van der Waals surface area contributed by atoms with Gasteiger partial charge in [0.25, 0.3) is 0 Å². The Morgan fingerprint density at radius 1 is 0.853 bits per heavy atom. The van der Waals surface area contributed by atoms with Gasteiger partial charge in [-0.1, -0.05) is 66.2 Å². The van der Waals surface area contributed by atoms with Crippen molar-refractivity contribution in [1.29, 1.82) is 0 Å². The summed E-state index contributed by atoms with van der Waals surface area (Å²) in [6.45, 7) is 2.04. The molecule has 0 radical (unpaired) electrons. The summed E-state index contributed by atoms with van der Waals surface area (Å²) < 4.78 is 0. The Hall–Kier alpha value is -4.57. The lowest BCUT2D eigenvalue weighted by Crippen LogP contribution is -1.99. The van der Waals surface area contributed by atoms with E-state index in [1.54, 1.807) is 12.3 Å². The summed E-state index contributed by atoms with van der Waals surface area (Å²) >= 11 is 0. The van der Waals surface area contributed by atoms with Crippen LogP contribution in [0.3, 0.4) is 0 Å². The number of pyridine rings is 2. The zero-order chi connectivity index (χ0) is 23.3. The fourth-order valence-electron chi connectivity index (χ4n) is 3.74. The number of nitrogens with one attached hydrogen (secondary N) is 1. The molecule has 0 aliphatic rings. The molecule has 0 amide bonds. The van der Waals surface area contributed by atoms with Gasteiger partial charge in [-0.05, 0) is 66.6 Å². The number of ketones is 1. The van der Waals surface area contributed by atoms with Crippen molar-refractivity contribution in [3.63, 3.8) is 0 Å². The second kappa shape index (κ2) is 9.51. The Balaban J connectivity index is 1.40. The maximum absolute atomic E-state index is 12.6. The van der Waals surface area contributed by atoms with Crippen molar-refractivity contribution >= 4 is 34.4 Å². The van der Waals surface area contributed by atoms with Crippen LogP contribution in [0.15, 0.2) is 109 Å². The molecule has 2 aromatic heterocycles. The van der Waals surface area contributed by atoms with E-state index in [-0.39, 0.29) is 5.78 Å². The average Bonchev–Trinajstić information content (AvgIpc) is 2.89. The summed E-state index contributed by atoms with van der Waals surface area (Å²) in [6.07, 6.45) is 5.19. The van der Waals surface area contributed by atoms with Gasteiger partial charge in [0.2, 0.25) is 0 Å². The maximum Gasteiger partial charge on any atom is 0.185 e. The standard InChI is InChI=1S/C30H23N3O/c1-21-9-11-22(12-10-21)13-18-28(34)24-14-16-26(17-15-24)32-30-27(23-6-3-2-4-7-23)20-25-8-5-19-31-29(25)33-30/h2-20H,1H3,(H,31,32,33)/b18-13+. The van der Waals surface area contributed by atoms with Gasteiger partial charge in [0.05, 0.1) is 0 Å². The molecule has 34 heavy (non-hydrogen) atoms. The number of allylic oxidation sites excluding steroid dienone is 1. The van der Waals surface area contributed by atoms with Crippen LogP contribution in [0, 0.1) is 6.92 Å². The van der Waals surface area contributed by atoms with Crippen LogP contribution >= 0.6 is 0 Å². The van der Waals surface area contributed by atoms with Gasteiger partial charge < -0.3 is 5.32 Å². The summed E-state index contributed by atoms with van der Waals surface area (Å²) in [5, 5.41) is 4.39. The highest BCUT2D eigenvalue weighted by atomic mass is 16.1. The molecule has 5 rings (SSSR count). The number of rotatable bonds is 6. The predicted octanol–water partition coefficient (Wildman–Crippen LogP) is 7.24. The molecule has 0 aliphatic heterocycles. The molecule has 0 fully saturated rings. The van der Waals surface area contributed by atoms with Crippen LogP contribution < -0.4 is 5.32 Å². The van der Waals surface area contributed by atoms with Crippen molar-refractivity contribution in [2.75, 3.05) is 5.32 Å². The molecule has 0 unspecified atom stereocenters. The number of carbonyl (C=O) groups is 1. The highest BCUT2D eigenvalue weighted by molar-refractivity contribution is 6.07. The molecular weight excluding hydrogens is 418 g/mol. The quantitative estimate of drug-likeness (QED) is 0.223. The molecule has 5 aromatic rings. The van der Waals surface area contributed by atoms with Crippen molar-refractivity contribution in [2.45, 2.75) is 6.92 Å². The first-order valence-corrected chi connectivity index (χ1v) is 11.1. The van der Waals surface area contributed by atoms with E-state index in [9.17, 15) is 4.79 Å². The van der Waals surface area contributed by atoms with Crippen molar-refractivity contribution in [2.24, 2.45) is 0 Å². The lowest BCUT2D eigenvalue weighted by atomic mass is 10.0. The van der Waals surface area contributed by atoms with Gasteiger partial charge in [-0.15, -0.1) is 0 Å². The Kier molecular flexibility index (Phi) is 5.95. The summed E-state index contributed by atoms with van der Waals surface area (Å²) in [5.74, 6) is 0.681. The SMILES string of the molecule is Cc1ccc(/C=C/C(=O)c2ccc(Nc3nc4ncccc4cc3-c3ccccc3)cc2)cc1. The molecule has 0 bridgehead atoms. The number of carbonyl (C=O) groups excluding carboxylic acids is 1. The van der Waals surface area contributed by atoms with Crippen LogP contribution in [-0.4, -0.2) is 15.8 Å². The smallest absolute Gasteiger partial charge is 0.185 e. The van der Waals surface area contributed by atoms with Gasteiger partial charge >= 0.3 is 0 Å². The summed E-state index contributed by atoms with van der Waals surface area (Å²) in [7, 11) is 0. The van der Waals surface area contributed by atoms with Crippen LogP contribution in [0.5, 0.6) is 0 Å². The van der Waals surface area contributed by atoms with Crippen molar-refractivity contribution in [3.8, 4) is 11.1 Å². The van der Waals surface area contributed by atoms with E-state index in [0.717, 1.165) is 33.6 Å². The van der Waals surface area contributed by atoms with Gasteiger partial charge in [-0.25, -0.2) is 9.97 Å². The number of fused-ring (bicyclic) bond motifs is 1. The minimum absolute atomic E-state index is 0.0369. The molecule has 2 heterocycles. The van der Waals surface area contributed by atoms with Crippen molar-refractivity contribution in [1.82, 2.24) is 9.97 Å². The van der Waals surface area contributed by atoms with E-state index in [4.69, 9.17) is 4.98 Å². The number of hydrogen-bond acceptors (Lipinski definition) is 4. The molecule has 0 saturated carbocycles. The molecule has 0 saturated heterocycles. The molecule has 164 valence electrons. The number of aryl methyl sites for hydroxylation is 1. The second-order valence-corrected chi connectivity index (χ2v) is 8.11. The minimum Gasteiger partial charge on any atom is -0.340 e. The molecule has 0 spiro atoms. The monoisotopic (exact) mass is 441 g/mol. The number of benzene rings is 3. The molecule has 0 atom stereocenters. The minimum atomic E-state index is -0.0369. The van der Waals surface area contributed by atoms with E-state index in [1.807, 2.05) is 91.9 Å². The summed E-state index contributed by atoms with van der Waals surface area (Å²) in [4.78, 5) is 21.8. The van der Waals surface area contributed by atoms with Crippen molar-refractivity contribution < 1.29 is 4.79 Å². The molecular formula is C30H23N3O. The Bertz CT molecular complexity index is 1470. The van der Waals surface area contributed by atoms with E-state index in [0.29, 0.717) is 11.2 Å². The van der Waals surface area contributed by atoms with Crippen LogP contribution in [0.2, 0.25) is 0 Å². The predicted molar refractivity (Wildman–Crippen MR) is 139 cm³/mol. The number of hydrogen-bond donors (Lipinski definition) is 1. The van der Waals surface area contributed by atoms with Crippen LogP contribution in [0.1, 0.15) is 21.5 Å². The van der Waals surface area contributed by atoms with E-state index in [2.05, 4.69) is 28.5 Å². The summed E-state index contributed by atoms with van der Waals surface area (Å²) in [5.41, 5.74) is 6.40.